The maximum atomic E-state index is 14.1. The van der Waals surface area contributed by atoms with Crippen molar-refractivity contribution in [1.29, 1.82) is 0 Å². The lowest BCUT2D eigenvalue weighted by molar-refractivity contribution is 0.102. The number of halogens is 1. The number of carbonyl (C=O) groups excluding carboxylic acids is 1. The molecule has 0 atom stereocenters. The molecule has 8 nitrogen and oxygen atoms in total. The summed E-state index contributed by atoms with van der Waals surface area (Å²) in [4.78, 5) is 11.9. The molecule has 2 aromatic carbocycles. The summed E-state index contributed by atoms with van der Waals surface area (Å²) >= 11 is 0. The summed E-state index contributed by atoms with van der Waals surface area (Å²) in [5.74, 6) is -1.86. The summed E-state index contributed by atoms with van der Waals surface area (Å²) in [7, 11) is -5.26. The Hall–Kier alpha value is -2.34. The molecule has 11 heteroatoms. The Balaban J connectivity index is 2.43. The van der Waals surface area contributed by atoms with Crippen molar-refractivity contribution in [1.82, 2.24) is 4.31 Å². The molecule has 146 valence electrons. The molecule has 0 unspecified atom stereocenters. The molecule has 2 rings (SSSR count). The first-order valence-corrected chi connectivity index (χ1v) is 10.5. The SMILES string of the molecule is Cc1ccc(NC(=O)c2cc(S(=O)(=O)N(C)C)ccc2F)cc1S(N)(=O)=O. The highest BCUT2D eigenvalue weighted by Crippen LogP contribution is 2.22. The van der Waals surface area contributed by atoms with E-state index in [1.54, 1.807) is 0 Å². The number of nitrogens with zero attached hydrogens (tertiary/aromatic N) is 1. The van der Waals surface area contributed by atoms with E-state index in [0.29, 0.717) is 5.56 Å². The molecule has 1 amide bonds. The fourth-order valence-electron chi connectivity index (χ4n) is 2.23. The highest BCUT2D eigenvalue weighted by Gasteiger charge is 2.22. The van der Waals surface area contributed by atoms with E-state index in [4.69, 9.17) is 5.14 Å². The van der Waals surface area contributed by atoms with E-state index in [9.17, 15) is 26.0 Å². The van der Waals surface area contributed by atoms with Crippen LogP contribution in [0.4, 0.5) is 10.1 Å². The molecule has 3 N–H and O–H groups in total. The number of anilines is 1. The van der Waals surface area contributed by atoms with Gasteiger partial charge in [0, 0.05) is 19.8 Å². The van der Waals surface area contributed by atoms with E-state index < -0.39 is 37.3 Å². The summed E-state index contributed by atoms with van der Waals surface area (Å²) in [6, 6.07) is 6.82. The molecule has 27 heavy (non-hydrogen) atoms. The van der Waals surface area contributed by atoms with E-state index >= 15 is 0 Å². The molecule has 0 radical (unpaired) electrons. The van der Waals surface area contributed by atoms with Crippen LogP contribution in [0.1, 0.15) is 15.9 Å². The van der Waals surface area contributed by atoms with Gasteiger partial charge in [0.15, 0.2) is 0 Å². The molecule has 0 bridgehead atoms. The van der Waals surface area contributed by atoms with Crippen LogP contribution in [0.2, 0.25) is 0 Å². The molecule has 0 fully saturated rings. The maximum absolute atomic E-state index is 14.1. The minimum atomic E-state index is -4.01. The quantitative estimate of drug-likeness (QED) is 0.761. The summed E-state index contributed by atoms with van der Waals surface area (Å²) in [6.45, 7) is 1.53. The lowest BCUT2D eigenvalue weighted by Crippen LogP contribution is -2.23. The van der Waals surface area contributed by atoms with E-state index in [0.717, 1.165) is 28.6 Å². The largest absolute Gasteiger partial charge is 0.322 e. The van der Waals surface area contributed by atoms with E-state index in [1.165, 1.54) is 33.2 Å². The third kappa shape index (κ3) is 4.50. The molecule has 0 heterocycles. The Morgan fingerprint density at radius 3 is 2.26 bits per heavy atom. The number of hydrogen-bond acceptors (Lipinski definition) is 5. The van der Waals surface area contributed by atoms with Crippen LogP contribution in [0.25, 0.3) is 0 Å². The number of amides is 1. The van der Waals surface area contributed by atoms with Gasteiger partial charge in [-0.2, -0.15) is 0 Å². The average molecular weight is 415 g/mol. The van der Waals surface area contributed by atoms with Gasteiger partial charge in [-0.15, -0.1) is 0 Å². The van der Waals surface area contributed by atoms with Gasteiger partial charge in [0.05, 0.1) is 15.4 Å². The first kappa shape index (κ1) is 21.0. The smallest absolute Gasteiger partial charge is 0.258 e. The van der Waals surface area contributed by atoms with Crippen molar-refractivity contribution < 1.29 is 26.0 Å². The molecule has 0 aromatic heterocycles. The predicted octanol–water partition coefficient (Wildman–Crippen LogP) is 1.28. The fourth-order valence-corrected chi connectivity index (χ4v) is 3.97. The minimum Gasteiger partial charge on any atom is -0.322 e. The van der Waals surface area contributed by atoms with Gasteiger partial charge in [0.1, 0.15) is 5.82 Å². The van der Waals surface area contributed by atoms with Crippen LogP contribution in [-0.2, 0) is 20.0 Å². The van der Waals surface area contributed by atoms with Crippen molar-refractivity contribution in [2.75, 3.05) is 19.4 Å². The van der Waals surface area contributed by atoms with Gasteiger partial charge < -0.3 is 5.32 Å². The predicted molar refractivity (Wildman–Crippen MR) is 97.8 cm³/mol. The number of aryl methyl sites for hydroxylation is 1. The van der Waals surface area contributed by atoms with Crippen LogP contribution in [0, 0.1) is 12.7 Å². The van der Waals surface area contributed by atoms with Crippen molar-refractivity contribution >= 4 is 31.6 Å². The van der Waals surface area contributed by atoms with Crippen LogP contribution in [-0.4, -0.2) is 41.1 Å². The lowest BCUT2D eigenvalue weighted by atomic mass is 10.2. The average Bonchev–Trinajstić information content (AvgIpc) is 2.55. The van der Waals surface area contributed by atoms with Crippen LogP contribution < -0.4 is 10.5 Å². The second-order valence-electron chi connectivity index (χ2n) is 5.91. The third-order valence-electron chi connectivity index (χ3n) is 3.71. The number of hydrogen-bond donors (Lipinski definition) is 2. The number of benzene rings is 2. The number of nitrogens with two attached hydrogens (primary N) is 1. The highest BCUT2D eigenvalue weighted by molar-refractivity contribution is 7.89. The summed E-state index contributed by atoms with van der Waals surface area (Å²) in [5, 5.41) is 7.46. The Bertz CT molecular complexity index is 1110. The van der Waals surface area contributed by atoms with Crippen molar-refractivity contribution in [3.8, 4) is 0 Å². The Labute approximate surface area is 156 Å². The molecular formula is C16H18FN3O5S2. The zero-order valence-electron chi connectivity index (χ0n) is 14.7. The molecule has 0 spiro atoms. The van der Waals surface area contributed by atoms with Gasteiger partial charge in [-0.25, -0.2) is 30.7 Å². The molecule has 0 saturated heterocycles. The van der Waals surface area contributed by atoms with Crippen LogP contribution >= 0.6 is 0 Å². The van der Waals surface area contributed by atoms with Gasteiger partial charge in [-0.1, -0.05) is 6.07 Å². The fraction of sp³-hybridized carbons (Fsp3) is 0.188. The third-order valence-corrected chi connectivity index (χ3v) is 6.58. The number of carbonyl (C=O) groups is 1. The lowest BCUT2D eigenvalue weighted by Gasteiger charge is -2.13. The summed E-state index contributed by atoms with van der Waals surface area (Å²) in [5.41, 5.74) is -0.0636. The van der Waals surface area contributed by atoms with E-state index in [2.05, 4.69) is 5.32 Å². The Morgan fingerprint density at radius 1 is 1.07 bits per heavy atom. The van der Waals surface area contributed by atoms with E-state index in [-0.39, 0.29) is 15.5 Å². The molecule has 0 aliphatic rings. The maximum Gasteiger partial charge on any atom is 0.258 e. The minimum absolute atomic E-state index is 0.0647. The van der Waals surface area contributed by atoms with Gasteiger partial charge in [0.25, 0.3) is 5.91 Å². The number of primary sulfonamides is 1. The van der Waals surface area contributed by atoms with Gasteiger partial charge in [0.2, 0.25) is 20.0 Å². The second kappa shape index (κ2) is 7.35. The standard InChI is InChI=1S/C16H18FN3O5S2/c1-10-4-5-11(8-15(10)26(18,22)23)19-16(21)13-9-12(6-7-14(13)17)27(24,25)20(2)3/h4-9H,1-3H3,(H,19,21)(H2,18,22,23). The first-order valence-electron chi connectivity index (χ1n) is 7.51. The van der Waals surface area contributed by atoms with Crippen LogP contribution in [0.15, 0.2) is 46.2 Å². The number of nitrogens with one attached hydrogen (secondary N) is 1. The van der Waals surface area contributed by atoms with Crippen molar-refractivity contribution in [2.24, 2.45) is 5.14 Å². The normalized spacial score (nSPS) is 12.2. The van der Waals surface area contributed by atoms with Gasteiger partial charge >= 0.3 is 0 Å². The topological polar surface area (TPSA) is 127 Å². The van der Waals surface area contributed by atoms with Crippen molar-refractivity contribution in [3.63, 3.8) is 0 Å². The Morgan fingerprint density at radius 2 is 1.70 bits per heavy atom. The second-order valence-corrected chi connectivity index (χ2v) is 9.59. The van der Waals surface area contributed by atoms with Crippen molar-refractivity contribution in [3.05, 3.63) is 53.3 Å². The summed E-state index contributed by atoms with van der Waals surface area (Å²) in [6.07, 6.45) is 0. The zero-order valence-corrected chi connectivity index (χ0v) is 16.4. The van der Waals surface area contributed by atoms with Gasteiger partial charge in [-0.05, 0) is 42.8 Å². The van der Waals surface area contributed by atoms with Gasteiger partial charge in [-0.3, -0.25) is 4.79 Å². The first-order chi connectivity index (χ1) is 12.3. The van der Waals surface area contributed by atoms with E-state index in [1.807, 2.05) is 0 Å². The monoisotopic (exact) mass is 415 g/mol. The zero-order chi connectivity index (χ0) is 20.6. The number of rotatable bonds is 5. The van der Waals surface area contributed by atoms with Crippen LogP contribution in [0.3, 0.4) is 0 Å². The molecular weight excluding hydrogens is 397 g/mol. The number of sulfonamides is 2. The Kier molecular flexibility index (Phi) is 5.71. The molecule has 0 aliphatic carbocycles. The summed E-state index contributed by atoms with van der Waals surface area (Å²) < 4.78 is 62.4. The van der Waals surface area contributed by atoms with Crippen LogP contribution in [0.5, 0.6) is 0 Å². The van der Waals surface area contributed by atoms with Crippen molar-refractivity contribution in [2.45, 2.75) is 16.7 Å². The highest BCUT2D eigenvalue weighted by atomic mass is 32.2. The molecule has 0 saturated carbocycles. The molecule has 0 aliphatic heterocycles. The molecule has 2 aromatic rings.